The maximum Gasteiger partial charge on any atom is 0.256 e. The van der Waals surface area contributed by atoms with Crippen LogP contribution in [0.2, 0.25) is 0 Å². The average molecular weight is 279 g/mol. The summed E-state index contributed by atoms with van der Waals surface area (Å²) >= 11 is 0. The smallest absolute Gasteiger partial charge is 0.256 e. The predicted octanol–water partition coefficient (Wildman–Crippen LogP) is 3.62. The van der Waals surface area contributed by atoms with Gasteiger partial charge in [-0.1, -0.05) is 13.3 Å². The van der Waals surface area contributed by atoms with E-state index in [9.17, 15) is 4.79 Å². The van der Waals surface area contributed by atoms with E-state index in [4.69, 9.17) is 9.47 Å². The van der Waals surface area contributed by atoms with Crippen molar-refractivity contribution in [2.75, 3.05) is 12.4 Å². The van der Waals surface area contributed by atoms with Crippen LogP contribution in [0.4, 0.5) is 5.69 Å². The zero-order valence-corrected chi connectivity index (χ0v) is 13.0. The van der Waals surface area contributed by atoms with Crippen LogP contribution in [0, 0.1) is 0 Å². The van der Waals surface area contributed by atoms with Crippen LogP contribution in [0.3, 0.4) is 0 Å². The summed E-state index contributed by atoms with van der Waals surface area (Å²) < 4.78 is 10.9. The first-order valence-electron chi connectivity index (χ1n) is 7.04. The first-order valence-corrected chi connectivity index (χ1v) is 7.04. The summed E-state index contributed by atoms with van der Waals surface area (Å²) in [6, 6.07) is 7.36. The molecule has 0 fully saturated rings. The maximum absolute atomic E-state index is 12.3. The van der Waals surface area contributed by atoms with Gasteiger partial charge in [0.15, 0.2) is 0 Å². The van der Waals surface area contributed by atoms with Gasteiger partial charge in [-0.3, -0.25) is 4.79 Å². The summed E-state index contributed by atoms with van der Waals surface area (Å²) in [5.74, 6) is 0.667. The highest BCUT2D eigenvalue weighted by atomic mass is 16.5. The number of methoxy groups -OCH3 is 1. The number of benzene rings is 1. The van der Waals surface area contributed by atoms with E-state index in [0.29, 0.717) is 6.42 Å². The Kier molecular flexibility index (Phi) is 6.02. The largest absolute Gasteiger partial charge is 0.491 e. The first kappa shape index (κ1) is 16.5. The van der Waals surface area contributed by atoms with Gasteiger partial charge in [-0.15, -0.1) is 0 Å². The quantitative estimate of drug-likeness (QED) is 0.829. The number of hydrogen-bond donors (Lipinski definition) is 1. The summed E-state index contributed by atoms with van der Waals surface area (Å²) in [6.07, 6.45) is 1.71. The van der Waals surface area contributed by atoms with Gasteiger partial charge >= 0.3 is 0 Å². The Bertz CT molecular complexity index is 428. The minimum absolute atomic E-state index is 0.126. The molecule has 1 N–H and O–H groups in total. The van der Waals surface area contributed by atoms with Crippen molar-refractivity contribution in [3.63, 3.8) is 0 Å². The lowest BCUT2D eigenvalue weighted by molar-refractivity contribution is -0.136. The molecule has 0 saturated carbocycles. The van der Waals surface area contributed by atoms with E-state index < -0.39 is 5.60 Å². The van der Waals surface area contributed by atoms with Gasteiger partial charge < -0.3 is 14.8 Å². The van der Waals surface area contributed by atoms with Crippen molar-refractivity contribution in [1.29, 1.82) is 0 Å². The lowest BCUT2D eigenvalue weighted by Gasteiger charge is -2.26. The second-order valence-electron chi connectivity index (χ2n) is 5.33. The highest BCUT2D eigenvalue weighted by Gasteiger charge is 2.31. The zero-order valence-electron chi connectivity index (χ0n) is 13.0. The molecule has 0 aliphatic carbocycles. The molecule has 0 aliphatic heterocycles. The molecular weight excluding hydrogens is 254 g/mol. The molecule has 0 unspecified atom stereocenters. The fourth-order valence-corrected chi connectivity index (χ4v) is 1.94. The minimum Gasteiger partial charge on any atom is -0.491 e. The number of nitrogens with one attached hydrogen (secondary N) is 1. The monoisotopic (exact) mass is 279 g/mol. The van der Waals surface area contributed by atoms with Crippen LogP contribution in [0.25, 0.3) is 0 Å². The van der Waals surface area contributed by atoms with E-state index in [1.165, 1.54) is 0 Å². The second kappa shape index (κ2) is 7.29. The minimum atomic E-state index is -0.790. The van der Waals surface area contributed by atoms with E-state index >= 15 is 0 Å². The van der Waals surface area contributed by atoms with Gasteiger partial charge in [-0.25, -0.2) is 0 Å². The predicted molar refractivity (Wildman–Crippen MR) is 81.2 cm³/mol. The van der Waals surface area contributed by atoms with Crippen molar-refractivity contribution in [2.24, 2.45) is 0 Å². The molecule has 4 nitrogen and oxygen atoms in total. The Morgan fingerprint density at radius 2 is 1.90 bits per heavy atom. The first-order chi connectivity index (χ1) is 9.41. The van der Waals surface area contributed by atoms with Crippen molar-refractivity contribution >= 4 is 11.6 Å². The summed E-state index contributed by atoms with van der Waals surface area (Å²) in [4.78, 5) is 12.3. The van der Waals surface area contributed by atoms with Crippen LogP contribution in [0.15, 0.2) is 24.3 Å². The normalized spacial score (nSPS) is 13.9. The lowest BCUT2D eigenvalue weighted by Crippen LogP contribution is -2.41. The third-order valence-electron chi connectivity index (χ3n) is 3.14. The Hall–Kier alpha value is -1.55. The van der Waals surface area contributed by atoms with Gasteiger partial charge in [0.25, 0.3) is 5.91 Å². The third-order valence-corrected chi connectivity index (χ3v) is 3.14. The number of rotatable bonds is 7. The van der Waals surface area contributed by atoms with E-state index in [-0.39, 0.29) is 12.0 Å². The standard InChI is InChI=1S/C16H25NO3/c1-6-11-16(4,19-5)15(18)17-13-7-9-14(10-8-13)20-12(2)3/h7-10,12H,6,11H2,1-5H3,(H,17,18)/t16-/m1/s1. The van der Waals surface area contributed by atoms with Crippen LogP contribution in [-0.4, -0.2) is 24.7 Å². The molecule has 112 valence electrons. The number of anilines is 1. The number of hydrogen-bond acceptors (Lipinski definition) is 3. The molecule has 0 saturated heterocycles. The van der Waals surface area contributed by atoms with Crippen molar-refractivity contribution in [3.05, 3.63) is 24.3 Å². The molecule has 20 heavy (non-hydrogen) atoms. The highest BCUT2D eigenvalue weighted by Crippen LogP contribution is 2.21. The van der Waals surface area contributed by atoms with E-state index in [0.717, 1.165) is 17.9 Å². The van der Waals surface area contributed by atoms with E-state index in [2.05, 4.69) is 5.32 Å². The molecule has 0 aromatic heterocycles. The molecule has 1 rings (SSSR count). The van der Waals surface area contributed by atoms with Crippen LogP contribution >= 0.6 is 0 Å². The molecule has 0 radical (unpaired) electrons. The van der Waals surface area contributed by atoms with E-state index in [1.54, 1.807) is 7.11 Å². The number of carbonyl (C=O) groups is 1. The molecule has 1 aromatic rings. The van der Waals surface area contributed by atoms with Crippen LogP contribution in [0.1, 0.15) is 40.5 Å². The summed E-state index contributed by atoms with van der Waals surface area (Å²) in [7, 11) is 1.56. The molecular formula is C16H25NO3. The molecule has 0 aliphatic rings. The van der Waals surface area contributed by atoms with Gasteiger partial charge in [0, 0.05) is 12.8 Å². The van der Waals surface area contributed by atoms with Crippen LogP contribution in [-0.2, 0) is 9.53 Å². The topological polar surface area (TPSA) is 47.6 Å². The van der Waals surface area contributed by atoms with Crippen molar-refractivity contribution < 1.29 is 14.3 Å². The number of ether oxygens (including phenoxy) is 2. The van der Waals surface area contributed by atoms with Gasteiger partial charge in [-0.2, -0.15) is 0 Å². The summed E-state index contributed by atoms with van der Waals surface area (Å²) in [6.45, 7) is 7.79. The van der Waals surface area contributed by atoms with Gasteiger partial charge in [0.1, 0.15) is 11.4 Å². The fourth-order valence-electron chi connectivity index (χ4n) is 1.94. The maximum atomic E-state index is 12.3. The number of amides is 1. The molecule has 4 heteroatoms. The second-order valence-corrected chi connectivity index (χ2v) is 5.33. The van der Waals surface area contributed by atoms with Crippen molar-refractivity contribution in [1.82, 2.24) is 0 Å². The Morgan fingerprint density at radius 3 is 2.35 bits per heavy atom. The Balaban J connectivity index is 2.70. The highest BCUT2D eigenvalue weighted by molar-refractivity contribution is 5.97. The molecule has 1 amide bonds. The van der Waals surface area contributed by atoms with E-state index in [1.807, 2.05) is 52.0 Å². The van der Waals surface area contributed by atoms with Crippen molar-refractivity contribution in [2.45, 2.75) is 52.2 Å². The Labute approximate surface area is 121 Å². The number of carbonyl (C=O) groups excluding carboxylic acids is 1. The third kappa shape index (κ3) is 4.53. The fraction of sp³-hybridized carbons (Fsp3) is 0.562. The summed E-state index contributed by atoms with van der Waals surface area (Å²) in [5.41, 5.74) is -0.0486. The lowest BCUT2D eigenvalue weighted by atomic mass is 9.99. The van der Waals surface area contributed by atoms with Gasteiger partial charge in [-0.05, 0) is 51.5 Å². The molecule has 1 atom stereocenters. The molecule has 0 spiro atoms. The van der Waals surface area contributed by atoms with Gasteiger partial charge in [0.2, 0.25) is 0 Å². The Morgan fingerprint density at radius 1 is 1.30 bits per heavy atom. The average Bonchev–Trinajstić information content (AvgIpc) is 2.40. The van der Waals surface area contributed by atoms with Crippen molar-refractivity contribution in [3.8, 4) is 5.75 Å². The SMILES string of the molecule is CCC[C@@](C)(OC)C(=O)Nc1ccc(OC(C)C)cc1. The molecule has 0 heterocycles. The molecule has 0 bridgehead atoms. The summed E-state index contributed by atoms with van der Waals surface area (Å²) in [5, 5.41) is 2.88. The van der Waals surface area contributed by atoms with Crippen LogP contribution < -0.4 is 10.1 Å². The van der Waals surface area contributed by atoms with Crippen LogP contribution in [0.5, 0.6) is 5.75 Å². The molecule has 1 aromatic carbocycles. The zero-order chi connectivity index (χ0) is 15.2. The van der Waals surface area contributed by atoms with Gasteiger partial charge in [0.05, 0.1) is 6.10 Å².